The normalized spacial score (nSPS) is 20.0. The summed E-state index contributed by atoms with van der Waals surface area (Å²) in [4.78, 5) is 13.1. The lowest BCUT2D eigenvalue weighted by molar-refractivity contribution is 0.0875. The topological polar surface area (TPSA) is 72.0 Å². The van der Waals surface area contributed by atoms with E-state index in [1.807, 2.05) is 11.4 Å². The molecular formula is C14H19N5OS. The highest BCUT2D eigenvalue weighted by atomic mass is 32.1. The van der Waals surface area contributed by atoms with Gasteiger partial charge in [0.25, 0.3) is 0 Å². The number of nitrogens with one attached hydrogen (secondary N) is 2. The number of rotatable bonds is 5. The van der Waals surface area contributed by atoms with Gasteiger partial charge in [0.05, 0.1) is 18.7 Å². The molecule has 0 bridgehead atoms. The molecule has 1 saturated heterocycles. The van der Waals surface area contributed by atoms with Gasteiger partial charge >= 0.3 is 0 Å². The van der Waals surface area contributed by atoms with Gasteiger partial charge in [-0.1, -0.05) is 0 Å². The van der Waals surface area contributed by atoms with E-state index in [9.17, 15) is 0 Å². The number of nitrogens with zero attached hydrogens (tertiary/aromatic N) is 3. The zero-order chi connectivity index (χ0) is 14.5. The molecule has 112 valence electrons. The summed E-state index contributed by atoms with van der Waals surface area (Å²) in [5, 5.41) is 9.67. The molecule has 21 heavy (non-hydrogen) atoms. The minimum absolute atomic E-state index is 0.0956. The molecule has 0 spiro atoms. The summed E-state index contributed by atoms with van der Waals surface area (Å²) in [6, 6.07) is 2.31. The average molecular weight is 305 g/mol. The number of anilines is 2. The zero-order valence-corrected chi connectivity index (χ0v) is 12.8. The molecule has 2 aromatic rings. The second-order valence-corrected chi connectivity index (χ2v) is 5.99. The largest absolute Gasteiger partial charge is 0.379 e. The fourth-order valence-electron chi connectivity index (χ4n) is 2.28. The van der Waals surface area contributed by atoms with Crippen molar-refractivity contribution >= 4 is 23.1 Å². The molecule has 0 radical (unpaired) electrons. The molecule has 0 saturated carbocycles. The van der Waals surface area contributed by atoms with Crippen LogP contribution in [0.25, 0.3) is 0 Å². The van der Waals surface area contributed by atoms with Gasteiger partial charge in [-0.3, -0.25) is 0 Å². The zero-order valence-electron chi connectivity index (χ0n) is 12.0. The van der Waals surface area contributed by atoms with Crippen molar-refractivity contribution in [3.05, 3.63) is 28.8 Å². The van der Waals surface area contributed by atoms with Gasteiger partial charge in [-0.2, -0.15) is 4.98 Å². The molecule has 3 heterocycles. The van der Waals surface area contributed by atoms with Crippen LogP contribution in [0.5, 0.6) is 0 Å². The third-order valence-corrected chi connectivity index (χ3v) is 4.29. The van der Waals surface area contributed by atoms with Crippen molar-refractivity contribution in [3.8, 4) is 0 Å². The van der Waals surface area contributed by atoms with E-state index in [1.165, 1.54) is 0 Å². The first kappa shape index (κ1) is 14.2. The second kappa shape index (κ2) is 6.82. The molecule has 6 nitrogen and oxygen atoms in total. The van der Waals surface area contributed by atoms with Crippen LogP contribution in [-0.4, -0.2) is 34.2 Å². The summed E-state index contributed by atoms with van der Waals surface area (Å²) in [5.41, 5.74) is 0. The van der Waals surface area contributed by atoms with Gasteiger partial charge in [-0.05, 0) is 25.8 Å². The maximum absolute atomic E-state index is 5.47. The Labute approximate surface area is 128 Å². The van der Waals surface area contributed by atoms with E-state index in [0.29, 0.717) is 12.0 Å². The van der Waals surface area contributed by atoms with Crippen LogP contribution < -0.4 is 10.6 Å². The lowest BCUT2D eigenvalue weighted by Crippen LogP contribution is -2.30. The SMILES string of the molecule is C[C@H](Nc1nccc(N[C@@H]2CCCOC2)n1)c1nccs1. The monoisotopic (exact) mass is 305 g/mol. The first-order chi connectivity index (χ1) is 10.3. The van der Waals surface area contributed by atoms with Crippen molar-refractivity contribution in [3.63, 3.8) is 0 Å². The Morgan fingerprint density at radius 1 is 1.38 bits per heavy atom. The Hall–Kier alpha value is -1.73. The highest BCUT2D eigenvalue weighted by Gasteiger charge is 2.15. The Kier molecular flexibility index (Phi) is 4.62. The van der Waals surface area contributed by atoms with Crippen LogP contribution >= 0.6 is 11.3 Å². The third-order valence-electron chi connectivity index (χ3n) is 3.34. The number of hydrogen-bond donors (Lipinski definition) is 2. The van der Waals surface area contributed by atoms with Crippen molar-refractivity contribution in [2.75, 3.05) is 23.8 Å². The third kappa shape index (κ3) is 3.89. The first-order valence-corrected chi connectivity index (χ1v) is 8.02. The van der Waals surface area contributed by atoms with E-state index >= 15 is 0 Å². The van der Waals surface area contributed by atoms with Crippen molar-refractivity contribution < 1.29 is 4.74 Å². The van der Waals surface area contributed by atoms with E-state index < -0.39 is 0 Å². The quantitative estimate of drug-likeness (QED) is 0.885. The van der Waals surface area contributed by atoms with Crippen molar-refractivity contribution in [1.82, 2.24) is 15.0 Å². The summed E-state index contributed by atoms with van der Waals surface area (Å²) in [6.07, 6.45) is 5.77. The summed E-state index contributed by atoms with van der Waals surface area (Å²) < 4.78 is 5.47. The Morgan fingerprint density at radius 2 is 2.33 bits per heavy atom. The minimum Gasteiger partial charge on any atom is -0.379 e. The second-order valence-electron chi connectivity index (χ2n) is 5.06. The molecule has 0 unspecified atom stereocenters. The first-order valence-electron chi connectivity index (χ1n) is 7.14. The van der Waals surface area contributed by atoms with Crippen LogP contribution in [0.2, 0.25) is 0 Å². The lowest BCUT2D eigenvalue weighted by atomic mass is 10.1. The van der Waals surface area contributed by atoms with E-state index in [2.05, 4.69) is 32.5 Å². The fraction of sp³-hybridized carbons (Fsp3) is 0.500. The maximum Gasteiger partial charge on any atom is 0.225 e. The highest BCUT2D eigenvalue weighted by molar-refractivity contribution is 7.09. The average Bonchev–Trinajstić information content (AvgIpc) is 3.03. The van der Waals surface area contributed by atoms with Crippen molar-refractivity contribution in [2.24, 2.45) is 0 Å². The predicted octanol–water partition coefficient (Wildman–Crippen LogP) is 2.70. The van der Waals surface area contributed by atoms with Gasteiger partial charge in [-0.15, -0.1) is 11.3 Å². The van der Waals surface area contributed by atoms with Gasteiger partial charge < -0.3 is 15.4 Å². The summed E-state index contributed by atoms with van der Waals surface area (Å²) in [6.45, 7) is 3.65. The smallest absolute Gasteiger partial charge is 0.225 e. The van der Waals surface area contributed by atoms with Crippen LogP contribution in [0.1, 0.15) is 30.8 Å². The Bertz CT molecular complexity index is 556. The molecule has 3 rings (SSSR count). The molecule has 1 fully saturated rings. The van der Waals surface area contributed by atoms with Gasteiger partial charge in [0.2, 0.25) is 5.95 Å². The van der Waals surface area contributed by atoms with Crippen LogP contribution in [-0.2, 0) is 4.74 Å². The summed E-state index contributed by atoms with van der Waals surface area (Å²) in [5.74, 6) is 1.44. The molecule has 0 amide bonds. The Morgan fingerprint density at radius 3 is 3.10 bits per heavy atom. The predicted molar refractivity (Wildman–Crippen MR) is 83.6 cm³/mol. The van der Waals surface area contributed by atoms with E-state index in [-0.39, 0.29) is 6.04 Å². The van der Waals surface area contributed by atoms with E-state index in [1.54, 1.807) is 23.7 Å². The van der Waals surface area contributed by atoms with Crippen LogP contribution in [0.3, 0.4) is 0 Å². The van der Waals surface area contributed by atoms with Gasteiger partial charge in [0, 0.05) is 24.4 Å². The molecular weight excluding hydrogens is 286 g/mol. The molecule has 0 aliphatic carbocycles. The fourth-order valence-corrected chi connectivity index (χ4v) is 2.92. The Balaban J connectivity index is 1.62. The number of thiazole rings is 1. The number of aromatic nitrogens is 3. The van der Waals surface area contributed by atoms with Crippen LogP contribution in [0, 0.1) is 0 Å². The van der Waals surface area contributed by atoms with Crippen molar-refractivity contribution in [2.45, 2.75) is 31.8 Å². The van der Waals surface area contributed by atoms with Crippen LogP contribution in [0.15, 0.2) is 23.8 Å². The van der Waals surface area contributed by atoms with E-state index in [0.717, 1.165) is 36.9 Å². The molecule has 2 atom stereocenters. The standard InChI is InChI=1S/C14H19N5OS/c1-10(13-15-6-8-21-13)17-14-16-5-4-12(19-14)18-11-3-2-7-20-9-11/h4-6,8,10-11H,2-3,7,9H2,1H3,(H2,16,17,18,19)/t10-,11+/m0/s1. The summed E-state index contributed by atoms with van der Waals surface area (Å²) in [7, 11) is 0. The lowest BCUT2D eigenvalue weighted by Gasteiger charge is -2.23. The number of hydrogen-bond acceptors (Lipinski definition) is 7. The van der Waals surface area contributed by atoms with Crippen LogP contribution in [0.4, 0.5) is 11.8 Å². The molecule has 1 aliphatic rings. The molecule has 1 aliphatic heterocycles. The number of ether oxygens (including phenoxy) is 1. The van der Waals surface area contributed by atoms with Crippen molar-refractivity contribution in [1.29, 1.82) is 0 Å². The van der Waals surface area contributed by atoms with Gasteiger partial charge in [0.15, 0.2) is 0 Å². The van der Waals surface area contributed by atoms with Gasteiger partial charge in [0.1, 0.15) is 10.8 Å². The molecule has 7 heteroatoms. The highest BCUT2D eigenvalue weighted by Crippen LogP contribution is 2.19. The molecule has 0 aromatic carbocycles. The van der Waals surface area contributed by atoms with E-state index in [4.69, 9.17) is 4.74 Å². The molecule has 2 N–H and O–H groups in total. The van der Waals surface area contributed by atoms with Gasteiger partial charge in [-0.25, -0.2) is 9.97 Å². The summed E-state index contributed by atoms with van der Waals surface area (Å²) >= 11 is 1.62. The molecule has 2 aromatic heterocycles. The maximum atomic E-state index is 5.47. The minimum atomic E-state index is 0.0956.